The summed E-state index contributed by atoms with van der Waals surface area (Å²) in [5, 5.41) is 15.9. The third kappa shape index (κ3) is 5.09. The third-order valence-corrected chi connectivity index (χ3v) is 10.1. The van der Waals surface area contributed by atoms with Crippen LogP contribution in [0.15, 0.2) is 48.7 Å². The molecular formula is C36H43N7O. The molecular weight excluding hydrogens is 546 g/mol. The molecule has 2 aliphatic rings. The second-order valence-corrected chi connectivity index (χ2v) is 13.7. The Balaban J connectivity index is 1.19. The van der Waals surface area contributed by atoms with Gasteiger partial charge in [0.15, 0.2) is 0 Å². The van der Waals surface area contributed by atoms with E-state index < -0.39 is 5.41 Å². The Morgan fingerprint density at radius 2 is 1.70 bits per heavy atom. The Hall–Kier alpha value is -4.04. The average molecular weight is 590 g/mol. The summed E-state index contributed by atoms with van der Waals surface area (Å²) < 4.78 is 0. The lowest BCUT2D eigenvalue weighted by molar-refractivity contribution is -0.137. The largest absolute Gasteiger partial charge is 0.339 e. The summed E-state index contributed by atoms with van der Waals surface area (Å²) in [7, 11) is 0. The highest BCUT2D eigenvalue weighted by Gasteiger charge is 2.47. The number of H-pyrrole nitrogens is 2. The minimum absolute atomic E-state index is 0.211. The van der Waals surface area contributed by atoms with E-state index >= 15 is 0 Å². The first kappa shape index (κ1) is 28.7. The Morgan fingerprint density at radius 1 is 1.00 bits per heavy atom. The number of aromatic amines is 2. The summed E-state index contributed by atoms with van der Waals surface area (Å²) in [6, 6.07) is 16.0. The highest BCUT2D eigenvalue weighted by Crippen LogP contribution is 2.42. The maximum atomic E-state index is 14.0. The van der Waals surface area contributed by atoms with Gasteiger partial charge in [-0.1, -0.05) is 30.2 Å². The number of aryl methyl sites for hydroxylation is 2. The molecule has 3 N–H and O–H groups in total. The molecule has 2 saturated heterocycles. The van der Waals surface area contributed by atoms with E-state index in [0.29, 0.717) is 12.1 Å². The highest BCUT2D eigenvalue weighted by molar-refractivity contribution is 5.93. The summed E-state index contributed by atoms with van der Waals surface area (Å²) in [4.78, 5) is 24.8. The summed E-state index contributed by atoms with van der Waals surface area (Å²) in [5.41, 5.74) is 10.2. The van der Waals surface area contributed by atoms with Crippen molar-refractivity contribution in [1.82, 2.24) is 35.6 Å². The van der Waals surface area contributed by atoms with Crippen molar-refractivity contribution >= 4 is 28.0 Å². The average Bonchev–Trinajstić information content (AvgIpc) is 3.80. The summed E-state index contributed by atoms with van der Waals surface area (Å²) in [5.74, 6) is 0.455. The Labute approximate surface area is 259 Å². The van der Waals surface area contributed by atoms with Gasteiger partial charge in [0.05, 0.1) is 11.1 Å². The molecule has 44 heavy (non-hydrogen) atoms. The predicted molar refractivity (Wildman–Crippen MR) is 176 cm³/mol. The van der Waals surface area contributed by atoms with Gasteiger partial charge >= 0.3 is 0 Å². The van der Waals surface area contributed by atoms with Crippen molar-refractivity contribution in [2.45, 2.75) is 90.1 Å². The topological polar surface area (TPSA) is 103 Å². The van der Waals surface area contributed by atoms with Crippen LogP contribution in [0.25, 0.3) is 33.3 Å². The summed E-state index contributed by atoms with van der Waals surface area (Å²) >= 11 is 0. The van der Waals surface area contributed by atoms with Gasteiger partial charge in [0.25, 0.3) is 0 Å². The number of aromatic nitrogens is 5. The normalized spacial score (nSPS) is 19.0. The number of carbonyl (C=O) groups excluding carboxylic acids is 1. The maximum Gasteiger partial charge on any atom is 0.233 e. The maximum absolute atomic E-state index is 14.0. The number of carbonyl (C=O) groups is 1. The molecule has 0 saturated carbocycles. The lowest BCUT2D eigenvalue weighted by Gasteiger charge is -2.32. The number of hydrogen-bond donors (Lipinski definition) is 3. The molecule has 0 aliphatic carbocycles. The molecule has 228 valence electrons. The van der Waals surface area contributed by atoms with Gasteiger partial charge in [-0.05, 0) is 125 Å². The van der Waals surface area contributed by atoms with Crippen LogP contribution in [0.1, 0.15) is 80.2 Å². The number of amides is 1. The van der Waals surface area contributed by atoms with Crippen molar-refractivity contribution in [3.8, 4) is 11.3 Å². The molecule has 8 nitrogen and oxygen atoms in total. The van der Waals surface area contributed by atoms with Crippen LogP contribution in [0.5, 0.6) is 0 Å². The molecule has 0 spiro atoms. The van der Waals surface area contributed by atoms with Crippen molar-refractivity contribution in [2.75, 3.05) is 13.1 Å². The van der Waals surface area contributed by atoms with Crippen molar-refractivity contribution in [2.24, 2.45) is 0 Å². The lowest BCUT2D eigenvalue weighted by Crippen LogP contribution is -2.46. The van der Waals surface area contributed by atoms with E-state index in [2.05, 4.69) is 102 Å². The Bertz CT molecular complexity index is 1810. The number of rotatable bonds is 9. The molecule has 0 radical (unpaired) electrons. The SMILES string of the molecule is Cc1cc(C)cc(-c2[nH]c3ncc(C(C)(C)C(=O)N4C5CCC4CC5)cc3c2C(C)CNCCc2ccc3n[nH]nc3c2)c1. The minimum Gasteiger partial charge on any atom is -0.339 e. The van der Waals surface area contributed by atoms with E-state index in [-0.39, 0.29) is 11.8 Å². The van der Waals surface area contributed by atoms with E-state index in [1.165, 1.54) is 27.8 Å². The van der Waals surface area contributed by atoms with Gasteiger partial charge in [0.2, 0.25) is 5.91 Å². The summed E-state index contributed by atoms with van der Waals surface area (Å²) in [6.45, 7) is 12.4. The number of nitrogens with one attached hydrogen (secondary N) is 3. The number of pyridine rings is 1. The number of nitrogens with zero attached hydrogens (tertiary/aromatic N) is 4. The van der Waals surface area contributed by atoms with Gasteiger partial charge in [0, 0.05) is 30.2 Å². The molecule has 2 aromatic carbocycles. The van der Waals surface area contributed by atoms with E-state index in [9.17, 15) is 4.79 Å². The number of benzene rings is 2. The van der Waals surface area contributed by atoms with Crippen LogP contribution in [-0.2, 0) is 16.6 Å². The molecule has 2 fully saturated rings. The van der Waals surface area contributed by atoms with Gasteiger partial charge in [-0.2, -0.15) is 15.4 Å². The van der Waals surface area contributed by atoms with Gasteiger partial charge in [-0.15, -0.1) is 0 Å². The van der Waals surface area contributed by atoms with Crippen LogP contribution in [0.4, 0.5) is 0 Å². The van der Waals surface area contributed by atoms with Crippen LogP contribution in [0, 0.1) is 13.8 Å². The van der Waals surface area contributed by atoms with Crippen LogP contribution in [0.2, 0.25) is 0 Å². The first-order valence-corrected chi connectivity index (χ1v) is 16.1. The van der Waals surface area contributed by atoms with Crippen molar-refractivity contribution in [3.63, 3.8) is 0 Å². The molecule has 2 aliphatic heterocycles. The van der Waals surface area contributed by atoms with Crippen LogP contribution in [0.3, 0.4) is 0 Å². The molecule has 3 aromatic heterocycles. The molecule has 2 bridgehead atoms. The smallest absolute Gasteiger partial charge is 0.233 e. The second kappa shape index (κ2) is 11.1. The fourth-order valence-electron chi connectivity index (χ4n) is 7.68. The van der Waals surface area contributed by atoms with Gasteiger partial charge in [-0.25, -0.2) is 4.98 Å². The highest BCUT2D eigenvalue weighted by atomic mass is 16.2. The molecule has 8 heteroatoms. The van der Waals surface area contributed by atoms with E-state index in [4.69, 9.17) is 4.98 Å². The van der Waals surface area contributed by atoms with Crippen LogP contribution >= 0.6 is 0 Å². The van der Waals surface area contributed by atoms with Crippen LogP contribution < -0.4 is 5.32 Å². The van der Waals surface area contributed by atoms with Gasteiger partial charge in [-0.3, -0.25) is 4.79 Å². The van der Waals surface area contributed by atoms with Gasteiger partial charge < -0.3 is 15.2 Å². The first-order chi connectivity index (χ1) is 21.2. The number of fused-ring (bicyclic) bond motifs is 4. The fraction of sp³-hybridized carbons (Fsp3) is 0.444. The van der Waals surface area contributed by atoms with E-state index in [0.717, 1.165) is 78.5 Å². The molecule has 5 aromatic rings. The van der Waals surface area contributed by atoms with Crippen molar-refractivity contribution in [1.29, 1.82) is 0 Å². The van der Waals surface area contributed by atoms with Crippen molar-refractivity contribution in [3.05, 3.63) is 76.5 Å². The standard InChI is InChI=1S/C36H43N7O/c1-21-14-22(2)16-25(15-21)33-32(23(3)19-37-13-12-24-6-11-30-31(17-24)41-42-40-30)29-18-26(20-38-34(29)39-33)36(4,5)35(44)43-27-7-8-28(43)10-9-27/h6,11,14-18,20,23,27-28,37H,7-10,12-13,19H2,1-5H3,(H,38,39)(H,40,41,42). The van der Waals surface area contributed by atoms with Crippen LogP contribution in [-0.4, -0.2) is 61.4 Å². The second-order valence-electron chi connectivity index (χ2n) is 13.7. The molecule has 1 amide bonds. The molecule has 1 atom stereocenters. The lowest BCUT2D eigenvalue weighted by atomic mass is 9.82. The van der Waals surface area contributed by atoms with Crippen molar-refractivity contribution < 1.29 is 4.79 Å². The zero-order chi connectivity index (χ0) is 30.6. The Morgan fingerprint density at radius 3 is 2.43 bits per heavy atom. The number of hydrogen-bond acceptors (Lipinski definition) is 5. The molecule has 5 heterocycles. The monoisotopic (exact) mass is 589 g/mol. The third-order valence-electron chi connectivity index (χ3n) is 10.1. The van der Waals surface area contributed by atoms with Gasteiger partial charge in [0.1, 0.15) is 16.7 Å². The minimum atomic E-state index is -0.645. The summed E-state index contributed by atoms with van der Waals surface area (Å²) in [6.07, 6.45) is 7.40. The molecule has 1 unspecified atom stereocenters. The first-order valence-electron chi connectivity index (χ1n) is 16.1. The predicted octanol–water partition coefficient (Wildman–Crippen LogP) is 6.48. The van der Waals surface area contributed by atoms with E-state index in [1.54, 1.807) is 0 Å². The zero-order valence-electron chi connectivity index (χ0n) is 26.5. The molecule has 7 rings (SSSR count). The Kier molecular flexibility index (Phi) is 7.28. The quantitative estimate of drug-likeness (QED) is 0.171. The van der Waals surface area contributed by atoms with E-state index in [1.807, 2.05) is 12.3 Å². The fourth-order valence-corrected chi connectivity index (χ4v) is 7.68. The zero-order valence-corrected chi connectivity index (χ0v) is 26.5.